The van der Waals surface area contributed by atoms with E-state index in [9.17, 15) is 9.50 Å². The highest BCUT2D eigenvalue weighted by Gasteiger charge is 2.13. The first kappa shape index (κ1) is 12.3. The zero-order valence-electron chi connectivity index (χ0n) is 9.67. The fourth-order valence-corrected chi connectivity index (χ4v) is 2.24. The summed E-state index contributed by atoms with van der Waals surface area (Å²) in [7, 11) is 1.87. The SMILES string of the molecule is Cc1c(CO)cc(-c2cc(Br)ccc2F)n1C. The number of aromatic nitrogens is 1. The lowest BCUT2D eigenvalue weighted by molar-refractivity contribution is 0.281. The molecule has 17 heavy (non-hydrogen) atoms. The predicted molar refractivity (Wildman–Crippen MR) is 69.2 cm³/mol. The van der Waals surface area contributed by atoms with Crippen molar-refractivity contribution in [3.05, 3.63) is 45.8 Å². The van der Waals surface area contributed by atoms with Gasteiger partial charge in [0, 0.05) is 22.8 Å². The van der Waals surface area contributed by atoms with Gasteiger partial charge in [-0.25, -0.2) is 4.39 Å². The maximum Gasteiger partial charge on any atom is 0.132 e. The van der Waals surface area contributed by atoms with Crippen molar-refractivity contribution in [2.45, 2.75) is 13.5 Å². The van der Waals surface area contributed by atoms with Crippen LogP contribution in [0.3, 0.4) is 0 Å². The Labute approximate surface area is 108 Å². The Morgan fingerprint density at radius 3 is 2.65 bits per heavy atom. The average Bonchev–Trinajstić information content (AvgIpc) is 2.59. The van der Waals surface area contributed by atoms with E-state index < -0.39 is 0 Å². The van der Waals surface area contributed by atoms with Crippen LogP contribution in [0.2, 0.25) is 0 Å². The molecular formula is C13H13BrFNO. The van der Waals surface area contributed by atoms with Gasteiger partial charge in [-0.1, -0.05) is 15.9 Å². The molecule has 90 valence electrons. The molecule has 0 unspecified atom stereocenters. The van der Waals surface area contributed by atoms with Crippen LogP contribution in [0, 0.1) is 12.7 Å². The Balaban J connectivity index is 2.64. The van der Waals surface area contributed by atoms with Gasteiger partial charge in [0.25, 0.3) is 0 Å². The highest BCUT2D eigenvalue weighted by molar-refractivity contribution is 9.10. The van der Waals surface area contributed by atoms with Crippen LogP contribution in [0.5, 0.6) is 0 Å². The zero-order valence-corrected chi connectivity index (χ0v) is 11.3. The minimum Gasteiger partial charge on any atom is -0.392 e. The zero-order chi connectivity index (χ0) is 12.6. The fourth-order valence-electron chi connectivity index (χ4n) is 1.87. The number of hydrogen-bond acceptors (Lipinski definition) is 1. The third kappa shape index (κ3) is 2.15. The third-order valence-corrected chi connectivity index (χ3v) is 3.51. The fraction of sp³-hybridized carbons (Fsp3) is 0.231. The summed E-state index contributed by atoms with van der Waals surface area (Å²) in [5.41, 5.74) is 3.07. The van der Waals surface area contributed by atoms with Crippen molar-refractivity contribution in [2.24, 2.45) is 7.05 Å². The summed E-state index contributed by atoms with van der Waals surface area (Å²) in [6, 6.07) is 6.66. The molecule has 0 aliphatic rings. The van der Waals surface area contributed by atoms with E-state index in [4.69, 9.17) is 0 Å². The van der Waals surface area contributed by atoms with E-state index in [2.05, 4.69) is 15.9 Å². The second kappa shape index (κ2) is 4.63. The van der Waals surface area contributed by atoms with Crippen LogP contribution >= 0.6 is 15.9 Å². The first-order valence-corrected chi connectivity index (χ1v) is 6.05. The van der Waals surface area contributed by atoms with Gasteiger partial charge in [0.1, 0.15) is 5.82 Å². The maximum absolute atomic E-state index is 13.8. The summed E-state index contributed by atoms with van der Waals surface area (Å²) in [5, 5.41) is 9.21. The van der Waals surface area contributed by atoms with Crippen LogP contribution in [-0.2, 0) is 13.7 Å². The minimum absolute atomic E-state index is 0.0324. The Kier molecular flexibility index (Phi) is 3.35. The summed E-state index contributed by atoms with van der Waals surface area (Å²) in [6.07, 6.45) is 0. The van der Waals surface area contributed by atoms with E-state index in [1.807, 2.05) is 24.6 Å². The molecule has 2 aromatic rings. The van der Waals surface area contributed by atoms with Gasteiger partial charge in [-0.3, -0.25) is 0 Å². The molecule has 0 bridgehead atoms. The standard InChI is InChI=1S/C13H13BrFNO/c1-8-9(7-17)5-13(16(8)2)11-6-10(14)3-4-12(11)15/h3-6,17H,7H2,1-2H3. The van der Waals surface area contributed by atoms with Gasteiger partial charge in [0.2, 0.25) is 0 Å². The summed E-state index contributed by atoms with van der Waals surface area (Å²) in [4.78, 5) is 0. The normalized spacial score (nSPS) is 10.9. The Bertz CT molecular complexity index is 563. The predicted octanol–water partition coefficient (Wildman–Crippen LogP) is 3.39. The largest absolute Gasteiger partial charge is 0.392 e. The molecule has 1 N–H and O–H groups in total. The van der Waals surface area contributed by atoms with Crippen molar-refractivity contribution in [3.63, 3.8) is 0 Å². The molecule has 1 heterocycles. The van der Waals surface area contributed by atoms with Crippen molar-refractivity contribution in [1.82, 2.24) is 4.57 Å². The number of benzene rings is 1. The quantitative estimate of drug-likeness (QED) is 0.903. The molecule has 0 amide bonds. The first-order valence-electron chi connectivity index (χ1n) is 5.26. The molecule has 0 fully saturated rings. The van der Waals surface area contributed by atoms with Crippen molar-refractivity contribution < 1.29 is 9.50 Å². The lowest BCUT2D eigenvalue weighted by Gasteiger charge is -2.07. The first-order chi connectivity index (χ1) is 8.04. The summed E-state index contributed by atoms with van der Waals surface area (Å²) < 4.78 is 16.5. The molecule has 0 radical (unpaired) electrons. The number of rotatable bonds is 2. The van der Waals surface area contributed by atoms with Gasteiger partial charge < -0.3 is 9.67 Å². The van der Waals surface area contributed by atoms with E-state index in [0.29, 0.717) is 5.56 Å². The van der Waals surface area contributed by atoms with Crippen LogP contribution in [0.15, 0.2) is 28.7 Å². The number of aliphatic hydroxyl groups is 1. The minimum atomic E-state index is -0.265. The summed E-state index contributed by atoms with van der Waals surface area (Å²) >= 11 is 3.34. The topological polar surface area (TPSA) is 25.2 Å². The van der Waals surface area contributed by atoms with E-state index in [1.165, 1.54) is 6.07 Å². The maximum atomic E-state index is 13.8. The number of hydrogen-bond donors (Lipinski definition) is 1. The molecule has 4 heteroatoms. The Morgan fingerprint density at radius 1 is 1.35 bits per heavy atom. The van der Waals surface area contributed by atoms with Crippen LogP contribution in [-0.4, -0.2) is 9.67 Å². The smallest absolute Gasteiger partial charge is 0.132 e. The van der Waals surface area contributed by atoms with Crippen LogP contribution in [0.25, 0.3) is 11.3 Å². The molecule has 0 aliphatic carbocycles. The Morgan fingerprint density at radius 2 is 2.06 bits per heavy atom. The highest BCUT2D eigenvalue weighted by Crippen LogP contribution is 2.29. The molecule has 0 spiro atoms. The molecule has 1 aromatic carbocycles. The van der Waals surface area contributed by atoms with Crippen molar-refractivity contribution in [1.29, 1.82) is 0 Å². The van der Waals surface area contributed by atoms with Crippen molar-refractivity contribution in [3.8, 4) is 11.3 Å². The number of aliphatic hydroxyl groups excluding tert-OH is 1. The second-order valence-electron chi connectivity index (χ2n) is 3.98. The molecule has 2 nitrogen and oxygen atoms in total. The lowest BCUT2D eigenvalue weighted by Crippen LogP contribution is -1.96. The van der Waals surface area contributed by atoms with Crippen LogP contribution in [0.4, 0.5) is 4.39 Å². The molecule has 2 rings (SSSR count). The van der Waals surface area contributed by atoms with E-state index in [1.54, 1.807) is 12.1 Å². The monoisotopic (exact) mass is 297 g/mol. The van der Waals surface area contributed by atoms with Crippen molar-refractivity contribution in [2.75, 3.05) is 0 Å². The number of halogens is 2. The van der Waals surface area contributed by atoms with E-state index in [-0.39, 0.29) is 12.4 Å². The average molecular weight is 298 g/mol. The Hall–Kier alpha value is -1.13. The summed E-state index contributed by atoms with van der Waals surface area (Å²) in [5.74, 6) is -0.265. The van der Waals surface area contributed by atoms with Gasteiger partial charge in [-0.15, -0.1) is 0 Å². The molecule has 0 atom stereocenters. The van der Waals surface area contributed by atoms with Gasteiger partial charge >= 0.3 is 0 Å². The van der Waals surface area contributed by atoms with E-state index in [0.717, 1.165) is 21.4 Å². The third-order valence-electron chi connectivity index (χ3n) is 3.01. The molecule has 0 aliphatic heterocycles. The van der Waals surface area contributed by atoms with Crippen LogP contribution < -0.4 is 0 Å². The van der Waals surface area contributed by atoms with Gasteiger partial charge in [-0.2, -0.15) is 0 Å². The summed E-state index contributed by atoms with van der Waals surface area (Å²) in [6.45, 7) is 1.88. The van der Waals surface area contributed by atoms with E-state index >= 15 is 0 Å². The van der Waals surface area contributed by atoms with Gasteiger partial charge in [-0.05, 0) is 36.8 Å². The van der Waals surface area contributed by atoms with Gasteiger partial charge in [0.05, 0.1) is 12.3 Å². The second-order valence-corrected chi connectivity index (χ2v) is 4.90. The molecular weight excluding hydrogens is 285 g/mol. The molecule has 0 saturated heterocycles. The highest BCUT2D eigenvalue weighted by atomic mass is 79.9. The van der Waals surface area contributed by atoms with Gasteiger partial charge in [0.15, 0.2) is 0 Å². The number of nitrogens with zero attached hydrogens (tertiary/aromatic N) is 1. The molecule has 0 saturated carbocycles. The lowest BCUT2D eigenvalue weighted by atomic mass is 10.1. The van der Waals surface area contributed by atoms with Crippen LogP contribution in [0.1, 0.15) is 11.3 Å². The molecule has 1 aromatic heterocycles. The van der Waals surface area contributed by atoms with Crippen molar-refractivity contribution >= 4 is 15.9 Å².